The van der Waals surface area contributed by atoms with Crippen molar-refractivity contribution in [1.82, 2.24) is 10.2 Å². The van der Waals surface area contributed by atoms with Crippen LogP contribution in [0.1, 0.15) is 12.8 Å². The fourth-order valence-electron chi connectivity index (χ4n) is 2.76. The molecule has 2 aliphatic rings. The van der Waals surface area contributed by atoms with E-state index >= 15 is 0 Å². The summed E-state index contributed by atoms with van der Waals surface area (Å²) >= 11 is 0. The van der Waals surface area contributed by atoms with Crippen LogP contribution < -0.4 is 5.32 Å². The first-order valence-electron chi connectivity index (χ1n) is 6.18. The molecule has 0 aromatic heterocycles. The van der Waals surface area contributed by atoms with Gasteiger partial charge in [-0.05, 0) is 18.8 Å². The highest BCUT2D eigenvalue weighted by atomic mass is 19.4. The molecule has 6 heteroatoms. The summed E-state index contributed by atoms with van der Waals surface area (Å²) in [6.07, 6.45) is -3.08. The average Bonchev–Trinajstić information content (AvgIpc) is 2.30. The van der Waals surface area contributed by atoms with Crippen molar-refractivity contribution in [3.05, 3.63) is 0 Å². The highest BCUT2D eigenvalue weighted by Crippen LogP contribution is 2.35. The van der Waals surface area contributed by atoms with E-state index in [0.717, 1.165) is 0 Å². The van der Waals surface area contributed by atoms with Gasteiger partial charge >= 0.3 is 6.18 Å². The van der Waals surface area contributed by atoms with E-state index < -0.39 is 12.2 Å². The summed E-state index contributed by atoms with van der Waals surface area (Å²) in [5.74, 6) is -0.304. The van der Waals surface area contributed by atoms with Crippen LogP contribution in [-0.4, -0.2) is 56.5 Å². The zero-order chi connectivity index (χ0) is 12.3. The van der Waals surface area contributed by atoms with Gasteiger partial charge in [-0.1, -0.05) is 0 Å². The molecule has 0 aromatic rings. The monoisotopic (exact) mass is 252 g/mol. The van der Waals surface area contributed by atoms with Gasteiger partial charge in [-0.15, -0.1) is 0 Å². The summed E-state index contributed by atoms with van der Waals surface area (Å²) in [4.78, 5) is 1.59. The van der Waals surface area contributed by atoms with E-state index in [1.165, 1.54) is 0 Å². The van der Waals surface area contributed by atoms with Crippen molar-refractivity contribution in [2.45, 2.75) is 25.1 Å². The van der Waals surface area contributed by atoms with Crippen LogP contribution in [0.3, 0.4) is 0 Å². The number of ether oxygens (including phenoxy) is 1. The highest BCUT2D eigenvalue weighted by Gasteiger charge is 2.48. The maximum Gasteiger partial charge on any atom is 0.404 e. The van der Waals surface area contributed by atoms with Gasteiger partial charge in [-0.25, -0.2) is 0 Å². The van der Waals surface area contributed by atoms with Crippen LogP contribution in [0.4, 0.5) is 13.2 Å². The van der Waals surface area contributed by atoms with Crippen LogP contribution in [0, 0.1) is 5.92 Å². The molecule has 2 saturated heterocycles. The molecule has 2 fully saturated rings. The van der Waals surface area contributed by atoms with Gasteiger partial charge in [0.25, 0.3) is 0 Å². The van der Waals surface area contributed by atoms with Gasteiger partial charge in [0.2, 0.25) is 0 Å². The Labute approximate surface area is 99.3 Å². The Kier molecular flexibility index (Phi) is 4.27. The van der Waals surface area contributed by atoms with Crippen molar-refractivity contribution in [1.29, 1.82) is 0 Å². The van der Waals surface area contributed by atoms with Crippen LogP contribution in [0.15, 0.2) is 0 Å². The van der Waals surface area contributed by atoms with Crippen LogP contribution in [0.5, 0.6) is 0 Å². The van der Waals surface area contributed by atoms with Crippen LogP contribution in [-0.2, 0) is 4.74 Å². The minimum atomic E-state index is -4.13. The summed E-state index contributed by atoms with van der Waals surface area (Å²) in [5.41, 5.74) is 0. The van der Waals surface area contributed by atoms with Crippen LogP contribution in [0.25, 0.3) is 0 Å². The molecule has 0 spiro atoms. The van der Waals surface area contributed by atoms with E-state index in [2.05, 4.69) is 5.32 Å². The van der Waals surface area contributed by atoms with Gasteiger partial charge in [0.15, 0.2) is 0 Å². The van der Waals surface area contributed by atoms with Crippen molar-refractivity contribution in [3.63, 3.8) is 0 Å². The number of rotatable bonds is 2. The molecule has 0 aromatic carbocycles. The second kappa shape index (κ2) is 5.54. The van der Waals surface area contributed by atoms with E-state index in [-0.39, 0.29) is 5.92 Å². The molecule has 3 nitrogen and oxygen atoms in total. The Morgan fingerprint density at radius 2 is 1.71 bits per heavy atom. The molecule has 17 heavy (non-hydrogen) atoms. The summed E-state index contributed by atoms with van der Waals surface area (Å²) in [7, 11) is 0. The molecule has 0 radical (unpaired) electrons. The molecule has 0 aliphatic carbocycles. The summed E-state index contributed by atoms with van der Waals surface area (Å²) in [6.45, 7) is 3.20. The Morgan fingerprint density at radius 3 is 2.24 bits per heavy atom. The standard InChI is InChI=1S/C11H19F3N2O/c12-11(13,14)10(9-1-7-17-8-2-9)16-5-3-15-4-6-16/h9-10,15H,1-8H2/t10-/m0/s1. The molecule has 1 N–H and O–H groups in total. The Balaban J connectivity index is 2.06. The number of hydrogen-bond donors (Lipinski definition) is 1. The lowest BCUT2D eigenvalue weighted by Gasteiger charge is -2.41. The predicted octanol–water partition coefficient (Wildman–Crippen LogP) is 1.25. The smallest absolute Gasteiger partial charge is 0.381 e. The minimum absolute atomic E-state index is 0.304. The lowest BCUT2D eigenvalue weighted by molar-refractivity contribution is -0.205. The van der Waals surface area contributed by atoms with Gasteiger partial charge in [-0.2, -0.15) is 13.2 Å². The number of alkyl halides is 3. The van der Waals surface area contributed by atoms with E-state index in [0.29, 0.717) is 52.2 Å². The first-order chi connectivity index (χ1) is 8.09. The van der Waals surface area contributed by atoms with Crippen molar-refractivity contribution in [2.24, 2.45) is 5.92 Å². The normalized spacial score (nSPS) is 27.0. The van der Waals surface area contributed by atoms with Crippen molar-refractivity contribution >= 4 is 0 Å². The van der Waals surface area contributed by atoms with E-state index in [1.807, 2.05) is 0 Å². The minimum Gasteiger partial charge on any atom is -0.381 e. The molecule has 0 amide bonds. The quantitative estimate of drug-likeness (QED) is 0.800. The van der Waals surface area contributed by atoms with Gasteiger partial charge < -0.3 is 10.1 Å². The summed E-state index contributed by atoms with van der Waals surface area (Å²) in [6, 6.07) is -1.28. The van der Waals surface area contributed by atoms with Crippen molar-refractivity contribution in [2.75, 3.05) is 39.4 Å². The van der Waals surface area contributed by atoms with Crippen LogP contribution >= 0.6 is 0 Å². The predicted molar refractivity (Wildman–Crippen MR) is 57.8 cm³/mol. The van der Waals surface area contributed by atoms with Gasteiger partial charge in [0.05, 0.1) is 0 Å². The molecule has 2 aliphatic heterocycles. The maximum atomic E-state index is 13.2. The molecular formula is C11H19F3N2O. The SMILES string of the molecule is FC(F)(F)[C@H](C1CCOCC1)N1CCNCC1. The topological polar surface area (TPSA) is 24.5 Å². The third-order valence-electron chi connectivity index (χ3n) is 3.59. The number of nitrogens with one attached hydrogen (secondary N) is 1. The summed E-state index contributed by atoms with van der Waals surface area (Å²) in [5, 5.41) is 3.09. The van der Waals surface area contributed by atoms with Gasteiger partial charge in [0, 0.05) is 39.4 Å². The number of hydrogen-bond acceptors (Lipinski definition) is 3. The Morgan fingerprint density at radius 1 is 1.12 bits per heavy atom. The molecule has 1 atom stereocenters. The molecule has 0 unspecified atom stereocenters. The number of piperazine rings is 1. The second-order valence-corrected chi connectivity index (χ2v) is 4.72. The molecule has 0 bridgehead atoms. The Hall–Kier alpha value is -0.330. The zero-order valence-electron chi connectivity index (χ0n) is 9.80. The van der Waals surface area contributed by atoms with Crippen molar-refractivity contribution < 1.29 is 17.9 Å². The van der Waals surface area contributed by atoms with E-state index in [1.54, 1.807) is 4.90 Å². The largest absolute Gasteiger partial charge is 0.404 e. The second-order valence-electron chi connectivity index (χ2n) is 4.72. The maximum absolute atomic E-state index is 13.2. The third kappa shape index (κ3) is 3.33. The average molecular weight is 252 g/mol. The molecule has 2 heterocycles. The number of halogens is 3. The fourth-order valence-corrected chi connectivity index (χ4v) is 2.76. The lowest BCUT2D eigenvalue weighted by Crippen LogP contribution is -2.57. The lowest BCUT2D eigenvalue weighted by atomic mass is 9.89. The third-order valence-corrected chi connectivity index (χ3v) is 3.59. The molecule has 2 rings (SSSR count). The first-order valence-corrected chi connectivity index (χ1v) is 6.18. The van der Waals surface area contributed by atoms with E-state index in [9.17, 15) is 13.2 Å². The first kappa shape index (κ1) is 13.1. The number of nitrogens with zero attached hydrogens (tertiary/aromatic N) is 1. The highest BCUT2D eigenvalue weighted by molar-refractivity contribution is 4.88. The zero-order valence-corrected chi connectivity index (χ0v) is 9.80. The molecule has 100 valence electrons. The fraction of sp³-hybridized carbons (Fsp3) is 1.00. The molecule has 0 saturated carbocycles. The van der Waals surface area contributed by atoms with Crippen LogP contribution in [0.2, 0.25) is 0 Å². The van der Waals surface area contributed by atoms with E-state index in [4.69, 9.17) is 4.74 Å². The van der Waals surface area contributed by atoms with Gasteiger partial charge in [0.1, 0.15) is 6.04 Å². The Bertz CT molecular complexity index is 217. The molecular weight excluding hydrogens is 233 g/mol. The van der Waals surface area contributed by atoms with Gasteiger partial charge in [-0.3, -0.25) is 4.90 Å². The summed E-state index contributed by atoms with van der Waals surface area (Å²) < 4.78 is 44.7. The van der Waals surface area contributed by atoms with Crippen molar-refractivity contribution in [3.8, 4) is 0 Å².